The Labute approximate surface area is 293 Å². The van der Waals surface area contributed by atoms with Gasteiger partial charge in [0.2, 0.25) is 5.82 Å². The molecule has 0 aromatic heterocycles. The van der Waals surface area contributed by atoms with Gasteiger partial charge >= 0.3 is 0 Å². The zero-order valence-electron chi connectivity index (χ0n) is 27.9. The van der Waals surface area contributed by atoms with Crippen molar-refractivity contribution in [1.29, 1.82) is 0 Å². The third kappa shape index (κ3) is 8.23. The molecule has 2 N–H and O–H groups in total. The molecule has 2 fully saturated rings. The second-order valence-electron chi connectivity index (χ2n) is 13.0. The summed E-state index contributed by atoms with van der Waals surface area (Å²) >= 11 is 0. The summed E-state index contributed by atoms with van der Waals surface area (Å²) in [4.78, 5) is 14.9. The summed E-state index contributed by atoms with van der Waals surface area (Å²) in [6.45, 7) is 5.24. The number of hydrogen-bond acceptors (Lipinski definition) is 5. The number of ether oxygens (including phenoxy) is 2. The van der Waals surface area contributed by atoms with Gasteiger partial charge in [0.1, 0.15) is 5.56 Å². The Kier molecular flexibility index (Phi) is 11.6. The molecule has 6 rings (SSSR count). The fraction of sp³-hybridized carbons (Fsp3) is 0.325. The van der Waals surface area contributed by atoms with Gasteiger partial charge in [-0.05, 0) is 46.7 Å². The van der Waals surface area contributed by atoms with Crippen molar-refractivity contribution in [3.63, 3.8) is 0 Å². The van der Waals surface area contributed by atoms with Gasteiger partial charge in [-0.25, -0.2) is 22.0 Å². The maximum atomic E-state index is 14.1. The number of carbonyl (C=O) groups is 1. The van der Waals surface area contributed by atoms with Crippen molar-refractivity contribution in [2.45, 2.75) is 69.8 Å². The maximum absolute atomic E-state index is 14.1. The number of benzene rings is 4. The minimum Gasteiger partial charge on any atom is -0.392 e. The first-order chi connectivity index (χ1) is 24.7. The highest BCUT2D eigenvalue weighted by atomic mass is 19.2. The van der Waals surface area contributed by atoms with Gasteiger partial charge in [-0.1, -0.05) is 85.6 Å². The number of nitrogens with one attached hydrogen (secondary N) is 1. The Balaban J connectivity index is 1.17. The minimum absolute atomic E-state index is 0.0413. The van der Waals surface area contributed by atoms with Gasteiger partial charge in [-0.2, -0.15) is 0 Å². The molecule has 1 amide bonds. The van der Waals surface area contributed by atoms with Crippen molar-refractivity contribution < 1.29 is 41.3 Å². The van der Waals surface area contributed by atoms with Crippen molar-refractivity contribution in [3.8, 4) is 11.1 Å². The van der Waals surface area contributed by atoms with E-state index in [1.807, 2.05) is 60.7 Å². The summed E-state index contributed by atoms with van der Waals surface area (Å²) in [6.07, 6.45) is 6.39. The summed E-state index contributed by atoms with van der Waals surface area (Å²) < 4.78 is 82.1. The number of hydrogen-bond donors (Lipinski definition) is 2. The lowest BCUT2D eigenvalue weighted by Crippen LogP contribution is -2.43. The number of amides is 1. The van der Waals surface area contributed by atoms with Crippen molar-refractivity contribution in [2.24, 2.45) is 0 Å². The van der Waals surface area contributed by atoms with E-state index in [-0.39, 0.29) is 25.4 Å². The van der Waals surface area contributed by atoms with Crippen LogP contribution in [0.3, 0.4) is 0 Å². The van der Waals surface area contributed by atoms with E-state index in [2.05, 4.69) is 16.8 Å². The average molecular weight is 707 g/mol. The lowest BCUT2D eigenvalue weighted by Gasteiger charge is -2.39. The zero-order valence-corrected chi connectivity index (χ0v) is 27.9. The lowest BCUT2D eigenvalue weighted by molar-refractivity contribution is -0.253. The molecule has 4 aromatic carbocycles. The molecule has 1 saturated carbocycles. The largest absolute Gasteiger partial charge is 0.392 e. The van der Waals surface area contributed by atoms with E-state index in [1.54, 1.807) is 18.2 Å². The summed E-state index contributed by atoms with van der Waals surface area (Å²) in [6, 6.07) is 22.9. The molecule has 0 spiro atoms. The number of rotatable bonds is 12. The van der Waals surface area contributed by atoms with Crippen molar-refractivity contribution in [3.05, 3.63) is 142 Å². The van der Waals surface area contributed by atoms with Crippen LogP contribution in [-0.4, -0.2) is 41.1 Å². The normalized spacial score (nSPS) is 19.4. The van der Waals surface area contributed by atoms with E-state index in [0.29, 0.717) is 18.0 Å². The summed E-state index contributed by atoms with van der Waals surface area (Å²) in [7, 11) is 0. The Morgan fingerprint density at radius 2 is 1.47 bits per heavy atom. The molecule has 1 aliphatic heterocycles. The molecule has 0 unspecified atom stereocenters. The average Bonchev–Trinajstić information content (AvgIpc) is 3.71. The van der Waals surface area contributed by atoms with E-state index in [0.717, 1.165) is 53.7 Å². The highest BCUT2D eigenvalue weighted by Crippen LogP contribution is 2.39. The molecule has 0 radical (unpaired) electrons. The first-order valence-electron chi connectivity index (χ1n) is 17.0. The molecule has 3 atom stereocenters. The van der Waals surface area contributed by atoms with E-state index in [1.165, 1.54) is 12.8 Å². The van der Waals surface area contributed by atoms with Gasteiger partial charge in [0, 0.05) is 37.7 Å². The molecule has 2 aliphatic rings. The number of nitrogens with zero attached hydrogens (tertiary/aromatic N) is 1. The monoisotopic (exact) mass is 706 g/mol. The third-order valence-electron chi connectivity index (χ3n) is 9.59. The van der Waals surface area contributed by atoms with Gasteiger partial charge in [-0.15, -0.1) is 6.58 Å². The molecule has 1 aliphatic carbocycles. The van der Waals surface area contributed by atoms with Crippen molar-refractivity contribution in [1.82, 2.24) is 10.2 Å². The van der Waals surface area contributed by atoms with Crippen LogP contribution in [0, 0.1) is 29.1 Å². The van der Waals surface area contributed by atoms with E-state index in [9.17, 15) is 31.9 Å². The lowest BCUT2D eigenvalue weighted by atomic mass is 9.98. The predicted octanol–water partition coefficient (Wildman–Crippen LogP) is 8.45. The SMILES string of the molecule is C=CCN(C[C@H]1C[C@@H](c2ccc(CO)cc2)O[C@@H](c2ccc(-c3cccc(CNC(=O)c4c(F)c(F)c(F)c(F)c4F)c3)cc2)O1)C1CCCC1. The van der Waals surface area contributed by atoms with Crippen LogP contribution < -0.4 is 5.32 Å². The van der Waals surface area contributed by atoms with Gasteiger partial charge in [0.15, 0.2) is 29.6 Å². The molecular weight excluding hydrogens is 667 g/mol. The quantitative estimate of drug-likeness (QED) is 0.0670. The highest BCUT2D eigenvalue weighted by molar-refractivity contribution is 5.94. The highest BCUT2D eigenvalue weighted by Gasteiger charge is 2.35. The van der Waals surface area contributed by atoms with Gasteiger partial charge < -0.3 is 19.9 Å². The van der Waals surface area contributed by atoms with Crippen LogP contribution in [-0.2, 0) is 22.6 Å². The maximum Gasteiger partial charge on any atom is 0.257 e. The molecule has 0 bridgehead atoms. The Morgan fingerprint density at radius 1 is 0.824 bits per heavy atom. The van der Waals surface area contributed by atoms with Gasteiger partial charge in [-0.3, -0.25) is 9.69 Å². The Bertz CT molecular complexity index is 1820. The van der Waals surface area contributed by atoms with Crippen LogP contribution in [0.1, 0.15) is 77.1 Å². The summed E-state index contributed by atoms with van der Waals surface area (Å²) in [5.41, 5.74) is 3.24. The van der Waals surface area contributed by atoms with E-state index >= 15 is 0 Å². The van der Waals surface area contributed by atoms with Crippen LogP contribution in [0.2, 0.25) is 0 Å². The third-order valence-corrected chi connectivity index (χ3v) is 9.59. The summed E-state index contributed by atoms with van der Waals surface area (Å²) in [5.74, 6) is -12.5. The van der Waals surface area contributed by atoms with Gasteiger partial charge in [0.25, 0.3) is 5.91 Å². The molecular formula is C40H39F5N2O4. The first kappa shape index (κ1) is 36.4. The Hall–Kier alpha value is -4.42. The van der Waals surface area contributed by atoms with Crippen LogP contribution >= 0.6 is 0 Å². The van der Waals surface area contributed by atoms with Crippen LogP contribution in [0.15, 0.2) is 85.5 Å². The van der Waals surface area contributed by atoms with Gasteiger partial charge in [0.05, 0.1) is 18.8 Å². The zero-order chi connectivity index (χ0) is 36.1. The number of aliphatic hydroxyl groups is 1. The first-order valence-corrected chi connectivity index (χ1v) is 17.0. The molecule has 1 heterocycles. The second kappa shape index (κ2) is 16.3. The Morgan fingerprint density at radius 3 is 2.12 bits per heavy atom. The number of halogens is 5. The smallest absolute Gasteiger partial charge is 0.257 e. The van der Waals surface area contributed by atoms with Crippen LogP contribution in [0.5, 0.6) is 0 Å². The topological polar surface area (TPSA) is 71.0 Å². The number of aliphatic hydroxyl groups excluding tert-OH is 1. The molecule has 4 aromatic rings. The molecule has 1 saturated heterocycles. The fourth-order valence-corrected chi connectivity index (χ4v) is 6.87. The number of carbonyl (C=O) groups excluding carboxylic acids is 1. The molecule has 6 nitrogen and oxygen atoms in total. The molecule has 268 valence electrons. The van der Waals surface area contributed by atoms with Crippen molar-refractivity contribution >= 4 is 5.91 Å². The standard InChI is InChI=1S/C40H39F5N2O4/c1-2-18-47(30-8-3-4-9-30)22-31-20-32(27-12-10-24(23-48)11-13-27)51-40(50-31)28-16-14-26(15-17-28)29-7-5-6-25(19-29)21-46-39(49)33-34(41)36(43)38(45)37(44)35(33)42/h2,5-7,10-17,19,30-32,40,48H,1,3-4,8-9,18,20-23H2,(H,46,49)/t31-,32+,40+/m1/s1. The van der Waals surface area contributed by atoms with Crippen LogP contribution in [0.25, 0.3) is 11.1 Å². The fourth-order valence-electron chi connectivity index (χ4n) is 6.87. The van der Waals surface area contributed by atoms with Crippen molar-refractivity contribution in [2.75, 3.05) is 13.1 Å². The molecule has 51 heavy (non-hydrogen) atoms. The predicted molar refractivity (Wildman–Crippen MR) is 182 cm³/mol. The van der Waals surface area contributed by atoms with E-state index in [4.69, 9.17) is 9.47 Å². The second-order valence-corrected chi connectivity index (χ2v) is 13.0. The molecule has 11 heteroatoms. The van der Waals surface area contributed by atoms with Crippen LogP contribution in [0.4, 0.5) is 22.0 Å². The minimum atomic E-state index is -2.33. The van der Waals surface area contributed by atoms with E-state index < -0.39 is 46.8 Å². The summed E-state index contributed by atoms with van der Waals surface area (Å²) in [5, 5.41) is 11.8.